The molecule has 2 aromatic rings. The summed E-state index contributed by atoms with van der Waals surface area (Å²) in [5.74, 6) is 0.0759. The summed E-state index contributed by atoms with van der Waals surface area (Å²) in [5, 5.41) is 14.7. The Hall–Kier alpha value is -2.45. The number of nitro groups is 1. The van der Waals surface area contributed by atoms with Gasteiger partial charge in [0.2, 0.25) is 0 Å². The van der Waals surface area contributed by atoms with Crippen LogP contribution in [0, 0.1) is 10.1 Å². The first-order valence-electron chi connectivity index (χ1n) is 8.26. The molecule has 7 nitrogen and oxygen atoms in total. The number of rotatable bonds is 6. The van der Waals surface area contributed by atoms with Crippen LogP contribution in [0.2, 0.25) is 5.02 Å². The zero-order valence-electron chi connectivity index (χ0n) is 15.5. The average Bonchev–Trinajstić information content (AvgIpc) is 2.61. The number of hydrogen-bond acceptors (Lipinski definition) is 5. The predicted octanol–water partition coefficient (Wildman–Crippen LogP) is 4.84. The number of nitrogens with zero attached hydrogens (tertiary/aromatic N) is 2. The molecule has 1 N–H and O–H groups in total. The van der Waals surface area contributed by atoms with Crippen LogP contribution < -0.4 is 10.2 Å². The maximum Gasteiger partial charge on any atom is 0.288 e. The average molecular weight is 469 g/mol. The number of carbonyl (C=O) groups is 1. The summed E-state index contributed by atoms with van der Waals surface area (Å²) in [6.45, 7) is 6.09. The molecule has 0 heterocycles. The highest BCUT2D eigenvalue weighted by molar-refractivity contribution is 9.10. The molecule has 0 bridgehead atoms. The summed E-state index contributed by atoms with van der Waals surface area (Å²) in [6, 6.07) is 9.92. The van der Waals surface area contributed by atoms with E-state index in [1.807, 2.05) is 12.1 Å². The smallest absolute Gasteiger partial charge is 0.288 e. The molecule has 0 saturated carbocycles. The van der Waals surface area contributed by atoms with E-state index in [4.69, 9.17) is 16.3 Å². The number of ether oxygens (including phenoxy) is 1. The van der Waals surface area contributed by atoms with Crippen molar-refractivity contribution in [2.75, 3.05) is 6.61 Å². The quantitative estimate of drug-likeness (QED) is 0.373. The topological polar surface area (TPSA) is 93.8 Å². The Balaban J connectivity index is 1.92. The lowest BCUT2D eigenvalue weighted by molar-refractivity contribution is -0.384. The number of halogens is 2. The van der Waals surface area contributed by atoms with E-state index >= 15 is 0 Å². The second-order valence-electron chi connectivity index (χ2n) is 6.95. The summed E-state index contributed by atoms with van der Waals surface area (Å²) in [7, 11) is 0. The number of nitro benzene ring substituents is 1. The minimum absolute atomic E-state index is 0.00385. The molecule has 1 amide bonds. The first-order valence-corrected chi connectivity index (χ1v) is 9.43. The number of benzene rings is 2. The highest BCUT2D eigenvalue weighted by Crippen LogP contribution is 2.31. The SMILES string of the molecule is CC(C)(C)c1ccc(OCC(=O)N/N=C\c2ccc(Cl)c([N+](=O)[O-])c2)c(Br)c1. The van der Waals surface area contributed by atoms with Gasteiger partial charge >= 0.3 is 0 Å². The molecule has 0 aliphatic carbocycles. The van der Waals surface area contributed by atoms with E-state index in [-0.39, 0.29) is 22.7 Å². The number of hydrogen-bond donors (Lipinski definition) is 1. The van der Waals surface area contributed by atoms with Gasteiger partial charge < -0.3 is 4.74 Å². The van der Waals surface area contributed by atoms with Crippen LogP contribution in [-0.4, -0.2) is 23.7 Å². The summed E-state index contributed by atoms with van der Waals surface area (Å²) in [4.78, 5) is 22.2. The van der Waals surface area contributed by atoms with Gasteiger partial charge in [-0.2, -0.15) is 5.10 Å². The van der Waals surface area contributed by atoms with Crippen LogP contribution in [-0.2, 0) is 10.2 Å². The molecule has 2 rings (SSSR count). The zero-order valence-corrected chi connectivity index (χ0v) is 17.9. The van der Waals surface area contributed by atoms with Crippen molar-refractivity contribution in [3.05, 3.63) is 67.1 Å². The van der Waals surface area contributed by atoms with Crippen molar-refractivity contribution < 1.29 is 14.5 Å². The van der Waals surface area contributed by atoms with Crippen LogP contribution >= 0.6 is 27.5 Å². The van der Waals surface area contributed by atoms with E-state index < -0.39 is 10.8 Å². The fraction of sp³-hybridized carbons (Fsp3) is 0.263. The number of amides is 1. The van der Waals surface area contributed by atoms with Crippen molar-refractivity contribution in [2.45, 2.75) is 26.2 Å². The Bertz CT molecular complexity index is 926. The number of hydrazone groups is 1. The van der Waals surface area contributed by atoms with E-state index in [2.05, 4.69) is 47.2 Å². The summed E-state index contributed by atoms with van der Waals surface area (Å²) in [5.41, 5.74) is 3.64. The molecule has 0 unspecified atom stereocenters. The molecule has 0 aliphatic heterocycles. The van der Waals surface area contributed by atoms with Gasteiger partial charge in [-0.25, -0.2) is 5.43 Å². The predicted molar refractivity (Wildman–Crippen MR) is 112 cm³/mol. The zero-order chi connectivity index (χ0) is 20.9. The molecule has 0 aromatic heterocycles. The summed E-state index contributed by atoms with van der Waals surface area (Å²) in [6.07, 6.45) is 1.29. The lowest BCUT2D eigenvalue weighted by Crippen LogP contribution is -2.24. The molecule has 0 saturated heterocycles. The van der Waals surface area contributed by atoms with Gasteiger partial charge in [0.15, 0.2) is 6.61 Å². The first kappa shape index (κ1) is 21.8. The maximum atomic E-state index is 11.9. The monoisotopic (exact) mass is 467 g/mol. The lowest BCUT2D eigenvalue weighted by Gasteiger charge is -2.20. The molecule has 0 atom stereocenters. The summed E-state index contributed by atoms with van der Waals surface area (Å²) >= 11 is 9.19. The van der Waals surface area contributed by atoms with Crippen LogP contribution in [0.5, 0.6) is 5.75 Å². The second kappa shape index (κ2) is 9.16. The van der Waals surface area contributed by atoms with Crippen molar-refractivity contribution >= 4 is 45.3 Å². The van der Waals surface area contributed by atoms with Crippen LogP contribution in [0.15, 0.2) is 46.0 Å². The van der Waals surface area contributed by atoms with Gasteiger partial charge in [0.05, 0.1) is 15.6 Å². The van der Waals surface area contributed by atoms with Crippen molar-refractivity contribution in [3.8, 4) is 5.75 Å². The van der Waals surface area contributed by atoms with Crippen LogP contribution in [0.3, 0.4) is 0 Å². The number of nitrogens with one attached hydrogen (secondary N) is 1. The van der Waals surface area contributed by atoms with Gasteiger partial charge in [0.25, 0.3) is 11.6 Å². The van der Waals surface area contributed by atoms with E-state index in [1.54, 1.807) is 12.1 Å². The van der Waals surface area contributed by atoms with Crippen molar-refractivity contribution in [1.29, 1.82) is 0 Å². The van der Waals surface area contributed by atoms with Crippen LogP contribution in [0.4, 0.5) is 5.69 Å². The Morgan fingerprint density at radius 2 is 2.04 bits per heavy atom. The largest absolute Gasteiger partial charge is 0.483 e. The fourth-order valence-electron chi connectivity index (χ4n) is 2.19. The van der Waals surface area contributed by atoms with E-state index in [0.717, 1.165) is 10.0 Å². The van der Waals surface area contributed by atoms with Gasteiger partial charge in [-0.15, -0.1) is 0 Å². The third-order valence-corrected chi connectivity index (χ3v) is 4.67. The van der Waals surface area contributed by atoms with E-state index in [1.165, 1.54) is 18.3 Å². The highest BCUT2D eigenvalue weighted by atomic mass is 79.9. The molecule has 9 heteroatoms. The van der Waals surface area contributed by atoms with Gasteiger partial charge in [-0.05, 0) is 45.1 Å². The molecule has 0 radical (unpaired) electrons. The van der Waals surface area contributed by atoms with Gasteiger partial charge in [0.1, 0.15) is 10.8 Å². The van der Waals surface area contributed by atoms with Gasteiger partial charge in [-0.1, -0.05) is 44.5 Å². The third-order valence-electron chi connectivity index (χ3n) is 3.73. The Morgan fingerprint density at radius 1 is 1.32 bits per heavy atom. The molecule has 0 spiro atoms. The van der Waals surface area contributed by atoms with Crippen molar-refractivity contribution in [3.63, 3.8) is 0 Å². The Labute approximate surface area is 176 Å². The fourth-order valence-corrected chi connectivity index (χ4v) is 2.87. The Morgan fingerprint density at radius 3 is 2.64 bits per heavy atom. The maximum absolute atomic E-state index is 11.9. The minimum atomic E-state index is -0.588. The minimum Gasteiger partial charge on any atom is -0.483 e. The molecule has 148 valence electrons. The van der Waals surface area contributed by atoms with Crippen molar-refractivity contribution in [2.24, 2.45) is 5.10 Å². The first-order chi connectivity index (χ1) is 13.1. The van der Waals surface area contributed by atoms with Gasteiger partial charge in [0, 0.05) is 11.6 Å². The lowest BCUT2D eigenvalue weighted by atomic mass is 9.87. The van der Waals surface area contributed by atoms with E-state index in [9.17, 15) is 14.9 Å². The molecule has 0 aliphatic rings. The summed E-state index contributed by atoms with van der Waals surface area (Å²) < 4.78 is 6.25. The van der Waals surface area contributed by atoms with Crippen LogP contribution in [0.1, 0.15) is 31.9 Å². The number of carbonyl (C=O) groups excluding carboxylic acids is 1. The molecule has 28 heavy (non-hydrogen) atoms. The molecular formula is C19H19BrClN3O4. The molecule has 2 aromatic carbocycles. The molecule has 0 fully saturated rings. The van der Waals surface area contributed by atoms with Gasteiger partial charge in [-0.3, -0.25) is 14.9 Å². The normalized spacial score (nSPS) is 11.5. The van der Waals surface area contributed by atoms with Crippen LogP contribution in [0.25, 0.3) is 0 Å². The standard InChI is InChI=1S/C19H19BrClN3O4/c1-19(2,3)13-5-7-17(14(20)9-13)28-11-18(25)23-22-10-12-4-6-15(21)16(8-12)24(26)27/h4-10H,11H2,1-3H3,(H,23,25)/b22-10-. The highest BCUT2D eigenvalue weighted by Gasteiger charge is 2.16. The van der Waals surface area contributed by atoms with Crippen molar-refractivity contribution in [1.82, 2.24) is 5.43 Å². The Kier molecular flexibility index (Phi) is 7.15. The molecular weight excluding hydrogens is 450 g/mol. The third kappa shape index (κ3) is 6.03. The van der Waals surface area contributed by atoms with E-state index in [0.29, 0.717) is 11.3 Å². The second-order valence-corrected chi connectivity index (χ2v) is 8.21.